The number of ether oxygens (including phenoxy) is 4. The van der Waals surface area contributed by atoms with Gasteiger partial charge in [-0.1, -0.05) is 87.0 Å². The third-order valence-corrected chi connectivity index (χ3v) is 17.0. The lowest BCUT2D eigenvalue weighted by Gasteiger charge is -2.64. The van der Waals surface area contributed by atoms with Crippen LogP contribution in [0.5, 0.6) is 5.75 Å². The first kappa shape index (κ1) is 37.4. The molecule has 10 rings (SSSR count). The third-order valence-electron chi connectivity index (χ3n) is 17.0. The lowest BCUT2D eigenvalue weighted by molar-refractivity contribution is -0.220. The lowest BCUT2D eigenvalue weighted by Crippen LogP contribution is -2.63. The quantitative estimate of drug-likeness (QED) is 0.210. The Morgan fingerprint density at radius 3 is 2.49 bits per heavy atom. The zero-order valence-corrected chi connectivity index (χ0v) is 33.2. The molecular formula is C47H54O10. The predicted octanol–water partition coefficient (Wildman–Crippen LogP) is 6.84. The number of ketones is 1. The number of aliphatic hydroxyl groups is 2. The van der Waals surface area contributed by atoms with Crippen LogP contribution in [-0.2, 0) is 33.3 Å². The molecule has 0 bridgehead atoms. The summed E-state index contributed by atoms with van der Waals surface area (Å²) in [5, 5.41) is 32.3. The smallest absolute Gasteiger partial charge is 0.314 e. The van der Waals surface area contributed by atoms with E-state index in [1.807, 2.05) is 6.07 Å². The van der Waals surface area contributed by atoms with Gasteiger partial charge in [0.1, 0.15) is 23.2 Å². The summed E-state index contributed by atoms with van der Waals surface area (Å²) in [6, 6.07) is 16.3. The standard InChI is InChI=1S/C47H54O10/c1-41(56-37(51)21-32(49)27-10-12-30(48)13-11-27)23-47(55-25-41)39(52)38(40(53)57-47)31-15-19-46-24-45(31,46)18-16-34-42(2)17-14-29-20-33(28-8-6-5-7-9-28)54-26-43(29,3)35(42)22-36(50)44(34,46)4/h5-14,16,18,31-35,38-39,48-49,52H,15,17,19-26H2,1-4H3/t31-,32+,33-,34+,35+,38+,39+,41+,42+,43-,44-,45+,46+,47-/m0/s1. The molecule has 8 aliphatic rings. The molecule has 3 heterocycles. The Hall–Kier alpha value is -3.83. The number of allylic oxidation sites excluding steroid dienone is 3. The first-order valence-electron chi connectivity index (χ1n) is 20.9. The molecule has 10 heteroatoms. The molecule has 5 aliphatic carbocycles. The van der Waals surface area contributed by atoms with Gasteiger partial charge in [0.05, 0.1) is 44.2 Å². The highest BCUT2D eigenvalue weighted by molar-refractivity contribution is 5.90. The predicted molar refractivity (Wildman–Crippen MR) is 206 cm³/mol. The summed E-state index contributed by atoms with van der Waals surface area (Å²) >= 11 is 0. The van der Waals surface area contributed by atoms with Gasteiger partial charge in [0, 0.05) is 17.3 Å². The maximum Gasteiger partial charge on any atom is 0.314 e. The summed E-state index contributed by atoms with van der Waals surface area (Å²) in [6.07, 6.45) is 8.85. The van der Waals surface area contributed by atoms with Crippen molar-refractivity contribution >= 4 is 17.7 Å². The zero-order valence-electron chi connectivity index (χ0n) is 33.2. The van der Waals surface area contributed by atoms with Gasteiger partial charge < -0.3 is 34.3 Å². The number of phenolic OH excluding ortho intramolecular Hbond substituents is 1. The van der Waals surface area contributed by atoms with Crippen molar-refractivity contribution in [3.8, 4) is 5.75 Å². The number of esters is 2. The van der Waals surface area contributed by atoms with E-state index in [1.54, 1.807) is 6.92 Å². The SMILES string of the molecule is C[C@]1(OC(=O)C[C@@H](O)c2ccc(O)cc2)CO[C@@]2(C1)OC(=O)[C@H]([C@@H]1CC[C@]34C[C@]13C=C[C@@H]1[C@@]3(C)CC=C5C[C@@H](c6ccccc6)OC[C@]5(C)[C@@H]3CC(=O)[C@]14C)[C@H]2O. The fourth-order valence-corrected chi connectivity index (χ4v) is 14.2. The van der Waals surface area contributed by atoms with Gasteiger partial charge in [0.25, 0.3) is 0 Å². The van der Waals surface area contributed by atoms with Crippen molar-refractivity contribution in [3.63, 3.8) is 0 Å². The van der Waals surface area contributed by atoms with Gasteiger partial charge in [0.15, 0.2) is 0 Å². The van der Waals surface area contributed by atoms with Crippen molar-refractivity contribution in [3.05, 3.63) is 89.5 Å². The van der Waals surface area contributed by atoms with Gasteiger partial charge >= 0.3 is 11.9 Å². The van der Waals surface area contributed by atoms with E-state index in [0.717, 1.165) is 25.7 Å². The first-order chi connectivity index (χ1) is 27.0. The third kappa shape index (κ3) is 4.93. The number of hydrogen-bond donors (Lipinski definition) is 3. The Bertz CT molecular complexity index is 2100. The Kier molecular flexibility index (Phi) is 7.96. The second-order valence-electron chi connectivity index (χ2n) is 19.8. The van der Waals surface area contributed by atoms with Crippen LogP contribution in [0, 0.1) is 50.7 Å². The summed E-state index contributed by atoms with van der Waals surface area (Å²) in [7, 11) is 0. The Morgan fingerprint density at radius 1 is 0.982 bits per heavy atom. The molecule has 14 atom stereocenters. The number of fused-ring (bicyclic) bond motifs is 5. The van der Waals surface area contributed by atoms with Gasteiger partial charge in [-0.25, -0.2) is 0 Å². The monoisotopic (exact) mass is 778 g/mol. The van der Waals surface area contributed by atoms with Crippen molar-refractivity contribution in [1.82, 2.24) is 0 Å². The van der Waals surface area contributed by atoms with Crippen LogP contribution in [0.3, 0.4) is 0 Å². The van der Waals surface area contributed by atoms with E-state index in [9.17, 15) is 29.7 Å². The molecule has 3 saturated carbocycles. The minimum absolute atomic E-state index is 0.0158. The highest BCUT2D eigenvalue weighted by atomic mass is 16.8. The van der Waals surface area contributed by atoms with Crippen LogP contribution in [0.2, 0.25) is 0 Å². The van der Waals surface area contributed by atoms with Gasteiger partial charge in [-0.15, -0.1) is 0 Å². The molecule has 6 fully saturated rings. The first-order valence-corrected chi connectivity index (χ1v) is 20.9. The molecule has 2 aromatic rings. The van der Waals surface area contributed by atoms with Crippen molar-refractivity contribution in [2.75, 3.05) is 13.2 Å². The van der Waals surface area contributed by atoms with Crippen LogP contribution in [0.4, 0.5) is 0 Å². The van der Waals surface area contributed by atoms with E-state index in [0.29, 0.717) is 30.8 Å². The molecule has 0 aromatic heterocycles. The Balaban J connectivity index is 0.878. The summed E-state index contributed by atoms with van der Waals surface area (Å²) in [4.78, 5) is 41.9. The van der Waals surface area contributed by atoms with E-state index in [4.69, 9.17) is 18.9 Å². The van der Waals surface area contributed by atoms with Gasteiger partial charge in [-0.2, -0.15) is 0 Å². The molecule has 3 N–H and O–H groups in total. The highest BCUT2D eigenvalue weighted by Crippen LogP contribution is 2.89. The summed E-state index contributed by atoms with van der Waals surface area (Å²) in [5.41, 5.74) is 0.125. The number of aliphatic hydroxyl groups excluding tert-OH is 2. The van der Waals surface area contributed by atoms with E-state index < -0.39 is 52.3 Å². The number of aromatic hydroxyl groups is 1. The van der Waals surface area contributed by atoms with Crippen LogP contribution in [0.25, 0.3) is 0 Å². The summed E-state index contributed by atoms with van der Waals surface area (Å²) in [6.45, 7) is 9.10. The fourth-order valence-electron chi connectivity index (χ4n) is 14.2. The normalized spacial score (nSPS) is 46.9. The number of hydrogen-bond acceptors (Lipinski definition) is 10. The summed E-state index contributed by atoms with van der Waals surface area (Å²) in [5.74, 6) is -3.41. The molecule has 0 unspecified atom stereocenters. The molecule has 10 nitrogen and oxygen atoms in total. The summed E-state index contributed by atoms with van der Waals surface area (Å²) < 4.78 is 24.5. The molecule has 302 valence electrons. The van der Waals surface area contributed by atoms with Crippen LogP contribution in [0.15, 0.2) is 78.4 Å². The second kappa shape index (κ2) is 12.1. The van der Waals surface area contributed by atoms with Crippen LogP contribution >= 0.6 is 0 Å². The number of Topliss-reactive ketones (excluding diaryl/α,β-unsaturated/α-hetero) is 1. The van der Waals surface area contributed by atoms with Crippen LogP contribution in [-0.4, -0.2) is 63.7 Å². The second-order valence-corrected chi connectivity index (χ2v) is 19.8. The average Bonchev–Trinajstić information content (AvgIpc) is 3.48. The topological polar surface area (TPSA) is 149 Å². The van der Waals surface area contributed by atoms with Gasteiger partial charge in [0.2, 0.25) is 5.79 Å². The van der Waals surface area contributed by atoms with Crippen LogP contribution < -0.4 is 0 Å². The van der Waals surface area contributed by atoms with Crippen molar-refractivity contribution < 1.29 is 48.7 Å². The molecule has 3 saturated heterocycles. The fraction of sp³-hybridized carbons (Fsp3) is 0.596. The Labute approximate surface area is 333 Å². The maximum absolute atomic E-state index is 15.0. The number of benzene rings is 2. The molecule has 0 amide bonds. The molecule has 3 aliphatic heterocycles. The molecule has 2 aromatic carbocycles. The van der Waals surface area contributed by atoms with Crippen molar-refractivity contribution in [1.29, 1.82) is 0 Å². The minimum Gasteiger partial charge on any atom is -0.508 e. The van der Waals surface area contributed by atoms with Gasteiger partial charge in [-0.05, 0) is 96.3 Å². The largest absolute Gasteiger partial charge is 0.508 e. The van der Waals surface area contributed by atoms with E-state index in [1.165, 1.54) is 35.4 Å². The number of carbonyl (C=O) groups excluding carboxylic acids is 3. The van der Waals surface area contributed by atoms with Crippen molar-refractivity contribution in [2.45, 2.75) is 109 Å². The van der Waals surface area contributed by atoms with Crippen LogP contribution in [0.1, 0.15) is 102 Å². The number of rotatable bonds is 6. The zero-order chi connectivity index (χ0) is 40.0. The van der Waals surface area contributed by atoms with E-state index >= 15 is 0 Å². The molecular weight excluding hydrogens is 725 g/mol. The highest BCUT2D eigenvalue weighted by Gasteiger charge is 2.86. The Morgan fingerprint density at radius 2 is 1.74 bits per heavy atom. The van der Waals surface area contributed by atoms with E-state index in [-0.39, 0.29) is 65.3 Å². The molecule has 0 radical (unpaired) electrons. The average molecular weight is 779 g/mol. The lowest BCUT2D eigenvalue weighted by atomic mass is 9.39. The number of carbonyl (C=O) groups is 3. The molecule has 57 heavy (non-hydrogen) atoms. The molecule has 1 spiro atoms. The maximum atomic E-state index is 15.0. The van der Waals surface area contributed by atoms with Crippen molar-refractivity contribution in [2.24, 2.45) is 50.7 Å². The van der Waals surface area contributed by atoms with Gasteiger partial charge in [-0.3, -0.25) is 14.4 Å². The number of phenols is 1. The minimum atomic E-state index is -1.67. The van der Waals surface area contributed by atoms with E-state index in [2.05, 4.69) is 63.3 Å².